The van der Waals surface area contributed by atoms with Gasteiger partial charge in [-0.25, -0.2) is 13.2 Å². The van der Waals surface area contributed by atoms with Gasteiger partial charge in [-0.05, 0) is 33.6 Å². The van der Waals surface area contributed by atoms with E-state index in [0.717, 1.165) is 12.8 Å². The molecule has 1 fully saturated rings. The van der Waals surface area contributed by atoms with Crippen molar-refractivity contribution in [3.63, 3.8) is 0 Å². The van der Waals surface area contributed by atoms with Crippen LogP contribution in [-0.4, -0.2) is 62.7 Å². The van der Waals surface area contributed by atoms with E-state index < -0.39 is 14.6 Å². The van der Waals surface area contributed by atoms with E-state index in [0.29, 0.717) is 26.2 Å². The van der Waals surface area contributed by atoms with Crippen LogP contribution in [0.3, 0.4) is 0 Å². The van der Waals surface area contributed by atoms with Crippen molar-refractivity contribution in [2.75, 3.05) is 32.5 Å². The predicted molar refractivity (Wildman–Crippen MR) is 78.5 cm³/mol. The molecular weight excluding hydrogens is 280 g/mol. The Hall–Kier alpha value is -0.820. The summed E-state index contributed by atoms with van der Waals surface area (Å²) in [6.45, 7) is 7.35. The number of carbonyl (C=O) groups is 1. The number of hydrogen-bond donors (Lipinski definition) is 1. The number of nitrogens with one attached hydrogen (secondary N) is 1. The maximum absolute atomic E-state index is 11.6. The van der Waals surface area contributed by atoms with Crippen LogP contribution in [0, 0.1) is 0 Å². The second-order valence-electron chi connectivity index (χ2n) is 5.87. The van der Waals surface area contributed by atoms with E-state index in [1.54, 1.807) is 25.7 Å². The van der Waals surface area contributed by atoms with Crippen LogP contribution >= 0.6 is 0 Å². The SMILES string of the molecule is CCOC(=O)N1CCC(NCC(C)(C)S(C)(=O)=O)CC1. The van der Waals surface area contributed by atoms with Gasteiger partial charge in [-0.2, -0.15) is 0 Å². The molecule has 0 bridgehead atoms. The molecule has 118 valence electrons. The molecule has 20 heavy (non-hydrogen) atoms. The van der Waals surface area contributed by atoms with Crippen molar-refractivity contribution in [2.45, 2.75) is 44.4 Å². The zero-order valence-electron chi connectivity index (χ0n) is 12.8. The molecule has 6 nitrogen and oxygen atoms in total. The molecule has 1 aliphatic heterocycles. The highest BCUT2D eigenvalue weighted by Gasteiger charge is 2.31. The number of likely N-dealkylation sites (tertiary alicyclic amines) is 1. The van der Waals surface area contributed by atoms with Crippen molar-refractivity contribution in [1.29, 1.82) is 0 Å². The standard InChI is InChI=1S/C13H26N2O4S/c1-5-19-12(16)15-8-6-11(7-9-15)14-10-13(2,3)20(4,17)18/h11,14H,5-10H2,1-4H3. The fraction of sp³-hybridized carbons (Fsp3) is 0.923. The van der Waals surface area contributed by atoms with Crippen LogP contribution in [0.2, 0.25) is 0 Å². The average molecular weight is 306 g/mol. The fourth-order valence-corrected chi connectivity index (χ4v) is 2.35. The van der Waals surface area contributed by atoms with Crippen LogP contribution < -0.4 is 5.32 Å². The first-order valence-electron chi connectivity index (χ1n) is 7.02. The maximum atomic E-state index is 11.6. The molecule has 0 aliphatic carbocycles. The normalized spacial score (nSPS) is 18.1. The number of nitrogens with zero attached hydrogens (tertiary/aromatic N) is 1. The Balaban J connectivity index is 2.38. The third-order valence-corrected chi connectivity index (χ3v) is 5.99. The first-order chi connectivity index (χ1) is 9.17. The molecule has 1 heterocycles. The predicted octanol–water partition coefficient (Wildman–Crippen LogP) is 1.02. The Morgan fingerprint density at radius 1 is 1.35 bits per heavy atom. The van der Waals surface area contributed by atoms with Crippen molar-refractivity contribution < 1.29 is 17.9 Å². The quantitative estimate of drug-likeness (QED) is 0.821. The zero-order valence-corrected chi connectivity index (χ0v) is 13.6. The molecule has 0 unspecified atom stereocenters. The smallest absolute Gasteiger partial charge is 0.409 e. The van der Waals surface area contributed by atoms with Gasteiger partial charge in [0.25, 0.3) is 0 Å². The van der Waals surface area contributed by atoms with Gasteiger partial charge in [-0.3, -0.25) is 0 Å². The molecule has 0 radical (unpaired) electrons. The molecule has 7 heteroatoms. The van der Waals surface area contributed by atoms with E-state index in [9.17, 15) is 13.2 Å². The van der Waals surface area contributed by atoms with Crippen molar-refractivity contribution in [2.24, 2.45) is 0 Å². The molecule has 0 spiro atoms. The highest BCUT2D eigenvalue weighted by atomic mass is 32.2. The summed E-state index contributed by atoms with van der Waals surface area (Å²) in [5.41, 5.74) is 0. The van der Waals surface area contributed by atoms with Gasteiger partial charge < -0.3 is 15.0 Å². The van der Waals surface area contributed by atoms with E-state index in [4.69, 9.17) is 4.74 Å². The summed E-state index contributed by atoms with van der Waals surface area (Å²) in [7, 11) is -3.08. The lowest BCUT2D eigenvalue weighted by atomic mass is 10.0. The third kappa shape index (κ3) is 4.63. The minimum absolute atomic E-state index is 0.252. The summed E-state index contributed by atoms with van der Waals surface area (Å²) >= 11 is 0. The summed E-state index contributed by atoms with van der Waals surface area (Å²) in [6.07, 6.45) is 2.64. The molecule has 1 saturated heterocycles. The van der Waals surface area contributed by atoms with Crippen molar-refractivity contribution in [3.8, 4) is 0 Å². The minimum atomic E-state index is -3.08. The number of piperidine rings is 1. The van der Waals surface area contributed by atoms with E-state index in [1.807, 2.05) is 0 Å². The first kappa shape index (κ1) is 17.2. The van der Waals surface area contributed by atoms with Crippen LogP contribution in [0.15, 0.2) is 0 Å². The van der Waals surface area contributed by atoms with Crippen LogP contribution in [-0.2, 0) is 14.6 Å². The number of rotatable bonds is 5. The van der Waals surface area contributed by atoms with Crippen molar-refractivity contribution in [3.05, 3.63) is 0 Å². The van der Waals surface area contributed by atoms with Crippen LogP contribution in [0.4, 0.5) is 4.79 Å². The van der Waals surface area contributed by atoms with Gasteiger partial charge in [0, 0.05) is 31.9 Å². The summed E-state index contributed by atoms with van der Waals surface area (Å²) in [5, 5.41) is 3.30. The topological polar surface area (TPSA) is 75.7 Å². The van der Waals surface area contributed by atoms with E-state index in [-0.39, 0.29) is 12.1 Å². The Morgan fingerprint density at radius 3 is 2.35 bits per heavy atom. The number of amides is 1. The Kier molecular flexibility index (Phi) is 5.82. The Bertz CT molecular complexity index is 426. The van der Waals surface area contributed by atoms with Gasteiger partial charge >= 0.3 is 6.09 Å². The third-order valence-electron chi connectivity index (χ3n) is 3.84. The van der Waals surface area contributed by atoms with Crippen LogP contribution in [0.5, 0.6) is 0 Å². The van der Waals surface area contributed by atoms with Crippen LogP contribution in [0.25, 0.3) is 0 Å². The van der Waals surface area contributed by atoms with Gasteiger partial charge in [-0.1, -0.05) is 0 Å². The molecule has 1 rings (SSSR count). The second-order valence-corrected chi connectivity index (χ2v) is 8.52. The zero-order chi connectivity index (χ0) is 15.4. The maximum Gasteiger partial charge on any atom is 0.409 e. The van der Waals surface area contributed by atoms with E-state index >= 15 is 0 Å². The summed E-state index contributed by atoms with van der Waals surface area (Å²) in [5.74, 6) is 0. The Morgan fingerprint density at radius 2 is 1.90 bits per heavy atom. The van der Waals surface area contributed by atoms with E-state index in [2.05, 4.69) is 5.32 Å². The largest absolute Gasteiger partial charge is 0.450 e. The molecule has 1 aliphatic rings. The Labute approximate surface area is 121 Å². The number of sulfone groups is 1. The second kappa shape index (κ2) is 6.76. The minimum Gasteiger partial charge on any atom is -0.450 e. The first-order valence-corrected chi connectivity index (χ1v) is 8.91. The molecule has 0 aromatic rings. The van der Waals surface area contributed by atoms with E-state index in [1.165, 1.54) is 6.26 Å². The lowest BCUT2D eigenvalue weighted by Gasteiger charge is -2.33. The van der Waals surface area contributed by atoms with Crippen molar-refractivity contribution in [1.82, 2.24) is 10.2 Å². The molecular formula is C13H26N2O4S. The number of hydrogen-bond acceptors (Lipinski definition) is 5. The summed E-state index contributed by atoms with van der Waals surface area (Å²) < 4.78 is 27.4. The van der Waals surface area contributed by atoms with Gasteiger partial charge in [0.1, 0.15) is 0 Å². The molecule has 0 aromatic carbocycles. The monoisotopic (exact) mass is 306 g/mol. The van der Waals surface area contributed by atoms with Crippen LogP contribution in [0.1, 0.15) is 33.6 Å². The fourth-order valence-electron chi connectivity index (χ4n) is 2.00. The highest BCUT2D eigenvalue weighted by Crippen LogP contribution is 2.16. The summed E-state index contributed by atoms with van der Waals surface area (Å²) in [6, 6.07) is 0.252. The molecule has 1 N–H and O–H groups in total. The molecule has 1 amide bonds. The molecule has 0 aromatic heterocycles. The average Bonchev–Trinajstić information content (AvgIpc) is 2.36. The number of ether oxygens (including phenoxy) is 1. The van der Waals surface area contributed by atoms with Crippen molar-refractivity contribution >= 4 is 15.9 Å². The number of carbonyl (C=O) groups excluding carboxylic acids is 1. The molecule has 0 atom stereocenters. The highest BCUT2D eigenvalue weighted by molar-refractivity contribution is 7.92. The summed E-state index contributed by atoms with van der Waals surface area (Å²) in [4.78, 5) is 13.3. The van der Waals surface area contributed by atoms with Gasteiger partial charge in [0.05, 0.1) is 11.4 Å². The van der Waals surface area contributed by atoms with Gasteiger partial charge in [-0.15, -0.1) is 0 Å². The van der Waals surface area contributed by atoms with Gasteiger partial charge in [0.2, 0.25) is 0 Å². The lowest BCUT2D eigenvalue weighted by Crippen LogP contribution is -2.50. The van der Waals surface area contributed by atoms with Gasteiger partial charge in [0.15, 0.2) is 9.84 Å². The molecule has 0 saturated carbocycles. The lowest BCUT2D eigenvalue weighted by molar-refractivity contribution is 0.0950.